The van der Waals surface area contributed by atoms with E-state index in [2.05, 4.69) is 19.2 Å². The van der Waals surface area contributed by atoms with E-state index in [-0.39, 0.29) is 18.0 Å². The fraction of sp³-hybridized carbons (Fsp3) is 0.269. The molecule has 7 heteroatoms. The number of carbonyl (C=O) groups is 1. The third-order valence-corrected chi connectivity index (χ3v) is 7.17. The molecule has 3 rings (SSSR count). The van der Waals surface area contributed by atoms with Crippen molar-refractivity contribution >= 4 is 21.6 Å². The predicted octanol–water partition coefficient (Wildman–Crippen LogP) is 4.96. The molecule has 6 nitrogen and oxygen atoms in total. The summed E-state index contributed by atoms with van der Waals surface area (Å²) in [4.78, 5) is 13.0. The zero-order chi connectivity index (χ0) is 24.0. The fourth-order valence-electron chi connectivity index (χ4n) is 3.49. The Balaban J connectivity index is 1.86. The maximum Gasteiger partial charge on any atom is 0.243 e. The van der Waals surface area contributed by atoms with Crippen LogP contribution in [0.5, 0.6) is 5.75 Å². The molecule has 1 N–H and O–H groups in total. The molecule has 0 saturated carbocycles. The van der Waals surface area contributed by atoms with Gasteiger partial charge in [0.05, 0.1) is 18.6 Å². The molecular formula is C26H30N2O4S. The SMILES string of the molecule is COc1ccc(S(=O)(=O)N(CC(=O)Nc2ccc(C(C)C)cc2)Cc2ccccc2)cc1C. The highest BCUT2D eigenvalue weighted by atomic mass is 32.2. The summed E-state index contributed by atoms with van der Waals surface area (Å²) in [5.74, 6) is 0.581. The minimum Gasteiger partial charge on any atom is -0.496 e. The number of benzene rings is 3. The number of sulfonamides is 1. The molecule has 0 heterocycles. The first-order chi connectivity index (χ1) is 15.7. The molecule has 0 radical (unpaired) electrons. The maximum atomic E-state index is 13.5. The quantitative estimate of drug-likeness (QED) is 0.484. The summed E-state index contributed by atoms with van der Waals surface area (Å²) < 4.78 is 33.4. The average molecular weight is 467 g/mol. The summed E-state index contributed by atoms with van der Waals surface area (Å²) in [6, 6.07) is 21.5. The summed E-state index contributed by atoms with van der Waals surface area (Å²) in [7, 11) is -2.40. The zero-order valence-corrected chi connectivity index (χ0v) is 20.2. The van der Waals surface area contributed by atoms with Gasteiger partial charge in [0.2, 0.25) is 15.9 Å². The molecular weight excluding hydrogens is 436 g/mol. The van der Waals surface area contributed by atoms with Gasteiger partial charge in [-0.25, -0.2) is 8.42 Å². The number of nitrogens with zero attached hydrogens (tertiary/aromatic N) is 1. The lowest BCUT2D eigenvalue weighted by Gasteiger charge is -2.22. The van der Waals surface area contributed by atoms with Crippen molar-refractivity contribution in [2.45, 2.75) is 38.1 Å². The van der Waals surface area contributed by atoms with Crippen LogP contribution < -0.4 is 10.1 Å². The van der Waals surface area contributed by atoms with E-state index in [1.165, 1.54) is 17.5 Å². The van der Waals surface area contributed by atoms with Gasteiger partial charge in [-0.15, -0.1) is 0 Å². The smallest absolute Gasteiger partial charge is 0.243 e. The van der Waals surface area contributed by atoms with E-state index in [0.717, 1.165) is 11.1 Å². The largest absolute Gasteiger partial charge is 0.496 e. The van der Waals surface area contributed by atoms with Crippen LogP contribution in [0.15, 0.2) is 77.7 Å². The van der Waals surface area contributed by atoms with Gasteiger partial charge in [0.15, 0.2) is 0 Å². The number of aryl methyl sites for hydroxylation is 1. The molecule has 0 spiro atoms. The third-order valence-electron chi connectivity index (χ3n) is 5.39. The van der Waals surface area contributed by atoms with Crippen molar-refractivity contribution in [1.82, 2.24) is 4.31 Å². The molecule has 1 amide bonds. The Morgan fingerprint density at radius 3 is 2.24 bits per heavy atom. The Morgan fingerprint density at radius 2 is 1.67 bits per heavy atom. The lowest BCUT2D eigenvalue weighted by molar-refractivity contribution is -0.116. The predicted molar refractivity (Wildman–Crippen MR) is 131 cm³/mol. The number of amides is 1. The number of nitrogens with one attached hydrogen (secondary N) is 1. The van der Waals surface area contributed by atoms with E-state index in [4.69, 9.17) is 4.74 Å². The molecule has 0 aliphatic rings. The van der Waals surface area contributed by atoms with Gasteiger partial charge >= 0.3 is 0 Å². The third kappa shape index (κ3) is 6.21. The van der Waals surface area contributed by atoms with Crippen LogP contribution in [0.25, 0.3) is 0 Å². The summed E-state index contributed by atoms with van der Waals surface area (Å²) in [6.45, 7) is 5.75. The van der Waals surface area contributed by atoms with Crippen molar-refractivity contribution < 1.29 is 17.9 Å². The van der Waals surface area contributed by atoms with Crippen LogP contribution >= 0.6 is 0 Å². The number of hydrogen-bond donors (Lipinski definition) is 1. The molecule has 0 aromatic heterocycles. The van der Waals surface area contributed by atoms with Crippen molar-refractivity contribution in [3.05, 3.63) is 89.5 Å². The number of hydrogen-bond acceptors (Lipinski definition) is 4. The summed E-state index contributed by atoms with van der Waals surface area (Å²) in [6.07, 6.45) is 0. The van der Waals surface area contributed by atoms with E-state index in [1.807, 2.05) is 54.6 Å². The van der Waals surface area contributed by atoms with E-state index in [1.54, 1.807) is 19.1 Å². The molecule has 3 aromatic rings. The lowest BCUT2D eigenvalue weighted by atomic mass is 10.0. The van der Waals surface area contributed by atoms with Crippen molar-refractivity contribution in [2.24, 2.45) is 0 Å². The van der Waals surface area contributed by atoms with Crippen molar-refractivity contribution in [2.75, 3.05) is 19.0 Å². The number of methoxy groups -OCH3 is 1. The van der Waals surface area contributed by atoms with Gasteiger partial charge in [0, 0.05) is 12.2 Å². The van der Waals surface area contributed by atoms with Crippen molar-refractivity contribution in [3.8, 4) is 5.75 Å². The first kappa shape index (κ1) is 24.5. The maximum absolute atomic E-state index is 13.5. The summed E-state index contributed by atoms with van der Waals surface area (Å²) >= 11 is 0. The number of rotatable bonds is 9. The first-order valence-corrected chi connectivity index (χ1v) is 12.2. The summed E-state index contributed by atoms with van der Waals surface area (Å²) in [5, 5.41) is 2.81. The molecule has 0 aliphatic heterocycles. The van der Waals surface area contributed by atoms with Gasteiger partial charge in [0.25, 0.3) is 0 Å². The Hall–Kier alpha value is -3.16. The van der Waals surface area contributed by atoms with E-state index in [0.29, 0.717) is 22.9 Å². The lowest BCUT2D eigenvalue weighted by Crippen LogP contribution is -2.37. The van der Waals surface area contributed by atoms with Crippen LogP contribution in [0, 0.1) is 6.92 Å². The van der Waals surface area contributed by atoms with Gasteiger partial charge in [-0.05, 0) is 59.9 Å². The van der Waals surface area contributed by atoms with Crippen LogP contribution in [0.1, 0.15) is 36.5 Å². The van der Waals surface area contributed by atoms with Crippen LogP contribution in [0.4, 0.5) is 5.69 Å². The Kier molecular flexibility index (Phi) is 7.89. The fourth-order valence-corrected chi connectivity index (χ4v) is 4.96. The molecule has 0 saturated heterocycles. The second kappa shape index (κ2) is 10.6. The minimum atomic E-state index is -3.94. The topological polar surface area (TPSA) is 75.7 Å². The Morgan fingerprint density at radius 1 is 1.00 bits per heavy atom. The zero-order valence-electron chi connectivity index (χ0n) is 19.4. The van der Waals surface area contributed by atoms with E-state index in [9.17, 15) is 13.2 Å². The Labute approximate surface area is 196 Å². The van der Waals surface area contributed by atoms with Gasteiger partial charge < -0.3 is 10.1 Å². The molecule has 0 atom stereocenters. The molecule has 0 fully saturated rings. The standard InChI is InChI=1S/C26H30N2O4S/c1-19(2)22-10-12-23(13-11-22)27-26(29)18-28(17-21-8-6-5-7-9-21)33(30,31)24-14-15-25(32-4)20(3)16-24/h5-16,19H,17-18H2,1-4H3,(H,27,29). The number of ether oxygens (including phenoxy) is 1. The number of carbonyl (C=O) groups excluding carboxylic acids is 1. The summed E-state index contributed by atoms with van der Waals surface area (Å²) in [5.41, 5.74) is 3.28. The molecule has 0 unspecified atom stereocenters. The molecule has 0 aliphatic carbocycles. The first-order valence-electron chi connectivity index (χ1n) is 10.8. The normalized spacial score (nSPS) is 11.6. The van der Waals surface area contributed by atoms with Gasteiger partial charge in [-0.3, -0.25) is 4.79 Å². The van der Waals surface area contributed by atoms with Crippen LogP contribution in [-0.2, 0) is 21.4 Å². The van der Waals surface area contributed by atoms with Crippen LogP contribution in [0.2, 0.25) is 0 Å². The van der Waals surface area contributed by atoms with E-state index < -0.39 is 15.9 Å². The second-order valence-electron chi connectivity index (χ2n) is 8.22. The molecule has 33 heavy (non-hydrogen) atoms. The van der Waals surface area contributed by atoms with Crippen LogP contribution in [0.3, 0.4) is 0 Å². The highest BCUT2D eigenvalue weighted by molar-refractivity contribution is 7.89. The van der Waals surface area contributed by atoms with Crippen molar-refractivity contribution in [3.63, 3.8) is 0 Å². The second-order valence-corrected chi connectivity index (χ2v) is 10.2. The van der Waals surface area contributed by atoms with Gasteiger partial charge in [-0.2, -0.15) is 4.31 Å². The van der Waals surface area contributed by atoms with Gasteiger partial charge in [0.1, 0.15) is 5.75 Å². The minimum absolute atomic E-state index is 0.0773. The van der Waals surface area contributed by atoms with Crippen molar-refractivity contribution in [1.29, 1.82) is 0 Å². The van der Waals surface area contributed by atoms with Crippen LogP contribution in [-0.4, -0.2) is 32.3 Å². The molecule has 0 bridgehead atoms. The Bertz CT molecular complexity index is 1190. The highest BCUT2D eigenvalue weighted by Crippen LogP contribution is 2.25. The van der Waals surface area contributed by atoms with E-state index >= 15 is 0 Å². The molecule has 3 aromatic carbocycles. The number of anilines is 1. The monoisotopic (exact) mass is 466 g/mol. The average Bonchev–Trinajstić information content (AvgIpc) is 2.79. The van der Waals surface area contributed by atoms with Gasteiger partial charge in [-0.1, -0.05) is 56.3 Å². The molecule has 174 valence electrons. The highest BCUT2D eigenvalue weighted by Gasteiger charge is 2.27.